The van der Waals surface area contributed by atoms with Gasteiger partial charge in [-0.15, -0.1) is 0 Å². The smallest absolute Gasteiger partial charge is 0.305 e. The summed E-state index contributed by atoms with van der Waals surface area (Å²) in [7, 11) is 1.34. The summed E-state index contributed by atoms with van der Waals surface area (Å²) in [6.45, 7) is 2.05. The Labute approximate surface area is 168 Å². The molecule has 3 atom stereocenters. The largest absolute Gasteiger partial charge is 0.469 e. The van der Waals surface area contributed by atoms with Crippen LogP contribution in [0.2, 0.25) is 0 Å². The third-order valence-electron chi connectivity index (χ3n) is 3.66. The molecule has 0 saturated carbocycles. The molecule has 0 unspecified atom stereocenters. The first-order chi connectivity index (χ1) is 13.5. The maximum atomic E-state index is 10.9. The van der Waals surface area contributed by atoms with Crippen LogP contribution in [0.1, 0.15) is 39.0 Å². The summed E-state index contributed by atoms with van der Waals surface area (Å²) in [5.41, 5.74) is 0. The number of hydrogen-bond donors (Lipinski definition) is 3. The van der Waals surface area contributed by atoms with E-state index in [1.54, 1.807) is 42.5 Å². The molecule has 0 aliphatic carbocycles. The summed E-state index contributed by atoms with van der Waals surface area (Å²) < 4.78 is 4.53. The number of carbonyl (C=O) groups excluding carboxylic acids is 1. The van der Waals surface area contributed by atoms with E-state index in [0.717, 1.165) is 6.42 Å². The molecule has 0 aliphatic heterocycles. The van der Waals surface area contributed by atoms with Gasteiger partial charge < -0.3 is 20.1 Å². The van der Waals surface area contributed by atoms with E-state index in [4.69, 9.17) is 0 Å². The van der Waals surface area contributed by atoms with E-state index < -0.39 is 18.3 Å². The molecule has 5 nitrogen and oxygen atoms in total. The number of allylic oxidation sites excluding steroid dienone is 8. The molecular weight excluding hydrogens is 356 g/mol. The van der Waals surface area contributed by atoms with Gasteiger partial charge in [0, 0.05) is 6.42 Å². The Balaban J connectivity index is 4.06. The Bertz CT molecular complexity index is 570. The van der Waals surface area contributed by atoms with Crippen molar-refractivity contribution < 1.29 is 24.9 Å². The van der Waals surface area contributed by atoms with Gasteiger partial charge in [-0.2, -0.15) is 0 Å². The van der Waals surface area contributed by atoms with Gasteiger partial charge in [0.1, 0.15) is 0 Å². The van der Waals surface area contributed by atoms with Gasteiger partial charge in [-0.25, -0.2) is 0 Å². The van der Waals surface area contributed by atoms with Gasteiger partial charge in [0.15, 0.2) is 0 Å². The molecule has 0 radical (unpaired) electrons. The van der Waals surface area contributed by atoms with Crippen LogP contribution in [-0.4, -0.2) is 46.7 Å². The van der Waals surface area contributed by atoms with E-state index in [-0.39, 0.29) is 5.97 Å². The first kappa shape index (κ1) is 25.8. The fraction of sp³-hybridized carbons (Fsp3) is 0.435. The first-order valence-corrected chi connectivity index (χ1v) is 9.60. The minimum Gasteiger partial charge on any atom is -0.469 e. The van der Waals surface area contributed by atoms with Crippen LogP contribution in [0.25, 0.3) is 0 Å². The van der Waals surface area contributed by atoms with Crippen LogP contribution in [0, 0.1) is 0 Å². The summed E-state index contributed by atoms with van der Waals surface area (Å²) in [4.78, 5) is 10.9. The molecule has 0 fully saturated rings. The maximum Gasteiger partial charge on any atom is 0.305 e. The van der Waals surface area contributed by atoms with Crippen LogP contribution < -0.4 is 0 Å². The molecule has 0 heterocycles. The topological polar surface area (TPSA) is 87.0 Å². The van der Waals surface area contributed by atoms with Gasteiger partial charge in [-0.3, -0.25) is 4.79 Å². The van der Waals surface area contributed by atoms with Gasteiger partial charge >= 0.3 is 5.97 Å². The van der Waals surface area contributed by atoms with Gasteiger partial charge in [0.25, 0.3) is 0 Å². The summed E-state index contributed by atoms with van der Waals surface area (Å²) in [5.74, 6) is -0.273. The van der Waals surface area contributed by atoms with Gasteiger partial charge in [-0.1, -0.05) is 79.8 Å². The first-order valence-electron chi connectivity index (χ1n) is 9.60. The normalized spacial score (nSPS) is 16.3. The second-order valence-corrected chi connectivity index (χ2v) is 6.10. The molecule has 3 N–H and O–H groups in total. The van der Waals surface area contributed by atoms with Crippen LogP contribution in [0.3, 0.4) is 0 Å². The number of rotatable bonds is 14. The number of aliphatic hydroxyl groups excluding tert-OH is 3. The monoisotopic (exact) mass is 390 g/mol. The molecule has 0 aromatic rings. The number of hydrogen-bond acceptors (Lipinski definition) is 5. The van der Waals surface area contributed by atoms with E-state index >= 15 is 0 Å². The molecule has 0 amide bonds. The van der Waals surface area contributed by atoms with Crippen LogP contribution in [0.4, 0.5) is 0 Å². The van der Waals surface area contributed by atoms with Crippen molar-refractivity contribution in [2.75, 3.05) is 7.11 Å². The summed E-state index contributed by atoms with van der Waals surface area (Å²) in [6, 6.07) is 0. The highest BCUT2D eigenvalue weighted by Gasteiger charge is 2.10. The number of ether oxygens (including phenoxy) is 1. The van der Waals surface area contributed by atoms with Crippen LogP contribution in [-0.2, 0) is 9.53 Å². The molecule has 0 aromatic heterocycles. The molecule has 5 heteroatoms. The molecule has 0 rings (SSSR count). The molecule has 0 saturated heterocycles. The highest BCUT2D eigenvalue weighted by molar-refractivity contribution is 5.69. The summed E-state index contributed by atoms with van der Waals surface area (Å²) in [6.07, 6.45) is 21.7. The fourth-order valence-corrected chi connectivity index (χ4v) is 2.03. The van der Waals surface area contributed by atoms with Crippen molar-refractivity contribution in [1.29, 1.82) is 0 Å². The summed E-state index contributed by atoms with van der Waals surface area (Å²) >= 11 is 0. The lowest BCUT2D eigenvalue weighted by molar-refractivity contribution is -0.140. The van der Waals surface area contributed by atoms with Gasteiger partial charge in [0.05, 0.1) is 25.4 Å². The Morgan fingerprint density at radius 3 is 2.11 bits per heavy atom. The van der Waals surface area contributed by atoms with Crippen molar-refractivity contribution in [3.05, 3.63) is 72.9 Å². The second kappa shape index (κ2) is 18.2. The third-order valence-corrected chi connectivity index (χ3v) is 3.66. The predicted molar refractivity (Wildman–Crippen MR) is 114 cm³/mol. The van der Waals surface area contributed by atoms with Crippen LogP contribution in [0.15, 0.2) is 72.9 Å². The predicted octanol–water partition coefficient (Wildman–Crippen LogP) is 3.55. The number of aliphatic hydroxyl groups is 3. The van der Waals surface area contributed by atoms with E-state index in [1.807, 2.05) is 24.3 Å². The average Bonchev–Trinajstić information content (AvgIpc) is 2.69. The molecule has 0 spiro atoms. The van der Waals surface area contributed by atoms with Crippen LogP contribution in [0.5, 0.6) is 0 Å². The number of carbonyl (C=O) groups is 1. The molecule has 156 valence electrons. The lowest BCUT2D eigenvalue weighted by Gasteiger charge is -2.11. The third kappa shape index (κ3) is 16.0. The van der Waals surface area contributed by atoms with E-state index in [2.05, 4.69) is 11.7 Å². The maximum absolute atomic E-state index is 10.9. The quantitative estimate of drug-likeness (QED) is 0.240. The molecule has 0 aromatic carbocycles. The Morgan fingerprint density at radius 2 is 1.46 bits per heavy atom. The summed E-state index contributed by atoms with van der Waals surface area (Å²) in [5, 5.41) is 29.4. The molecule has 0 aliphatic rings. The van der Waals surface area contributed by atoms with Crippen molar-refractivity contribution >= 4 is 5.97 Å². The SMILES string of the molecule is CCC=CC[C@H](O)C=CC=CC=CC=C[C@@H](O)[C@@H](O)CC=CCCC(=O)OC. The molecular formula is C23H34O5. The Hall–Kier alpha value is -2.21. The van der Waals surface area contributed by atoms with Crippen molar-refractivity contribution in [3.8, 4) is 0 Å². The molecule has 28 heavy (non-hydrogen) atoms. The second-order valence-electron chi connectivity index (χ2n) is 6.10. The zero-order chi connectivity index (χ0) is 21.0. The van der Waals surface area contributed by atoms with Crippen molar-refractivity contribution in [3.63, 3.8) is 0 Å². The van der Waals surface area contributed by atoms with Crippen molar-refractivity contribution in [2.45, 2.75) is 57.3 Å². The fourth-order valence-electron chi connectivity index (χ4n) is 2.03. The zero-order valence-corrected chi connectivity index (χ0v) is 16.9. The van der Waals surface area contributed by atoms with Crippen molar-refractivity contribution in [1.82, 2.24) is 0 Å². The lowest BCUT2D eigenvalue weighted by Crippen LogP contribution is -2.22. The standard InChI is InChI=1S/C23H34O5/c1-3-4-10-15-20(24)16-11-7-5-6-8-12-17-21(25)22(26)18-13-9-14-19-23(27)28-2/h4-13,16-17,20-22,24-26H,3,14-15,18-19H2,1-2H3/t20-,21+,22-/m0/s1. The average molecular weight is 391 g/mol. The zero-order valence-electron chi connectivity index (χ0n) is 16.9. The Morgan fingerprint density at radius 1 is 0.857 bits per heavy atom. The number of esters is 1. The van der Waals surface area contributed by atoms with Crippen LogP contribution >= 0.6 is 0 Å². The van der Waals surface area contributed by atoms with E-state index in [0.29, 0.717) is 25.7 Å². The van der Waals surface area contributed by atoms with Gasteiger partial charge in [0.2, 0.25) is 0 Å². The number of methoxy groups -OCH3 is 1. The van der Waals surface area contributed by atoms with Gasteiger partial charge in [-0.05, 0) is 25.7 Å². The minimum atomic E-state index is -0.967. The highest BCUT2D eigenvalue weighted by Crippen LogP contribution is 2.04. The van der Waals surface area contributed by atoms with E-state index in [9.17, 15) is 20.1 Å². The molecule has 0 bridgehead atoms. The van der Waals surface area contributed by atoms with Crippen molar-refractivity contribution in [2.24, 2.45) is 0 Å². The lowest BCUT2D eigenvalue weighted by atomic mass is 10.1. The highest BCUT2D eigenvalue weighted by atomic mass is 16.5. The minimum absolute atomic E-state index is 0.273. The van der Waals surface area contributed by atoms with E-state index in [1.165, 1.54) is 13.2 Å². The Kier molecular flexibility index (Phi) is 16.7.